The molecule has 1 aromatic heterocycles. The molecule has 1 saturated heterocycles. The molecule has 26 heavy (non-hydrogen) atoms. The van der Waals surface area contributed by atoms with Gasteiger partial charge in [0.05, 0.1) is 15.9 Å². The summed E-state index contributed by atoms with van der Waals surface area (Å²) in [5, 5.41) is 0.526. The van der Waals surface area contributed by atoms with Crippen LogP contribution in [0.2, 0.25) is 5.02 Å². The first-order valence-electron chi connectivity index (χ1n) is 8.40. The van der Waals surface area contributed by atoms with E-state index in [0.717, 1.165) is 22.5 Å². The van der Waals surface area contributed by atoms with Crippen LogP contribution in [0.3, 0.4) is 0 Å². The number of halogens is 1. The summed E-state index contributed by atoms with van der Waals surface area (Å²) < 4.78 is 27.1. The number of aromatic nitrogens is 2. The Bertz CT molecular complexity index is 1040. The van der Waals surface area contributed by atoms with Gasteiger partial charge >= 0.3 is 0 Å². The molecular formula is C18H19ClN4O2S. The van der Waals surface area contributed by atoms with Crippen molar-refractivity contribution in [1.29, 1.82) is 0 Å². The topological polar surface area (TPSA) is 69.3 Å². The zero-order valence-corrected chi connectivity index (χ0v) is 15.9. The summed E-state index contributed by atoms with van der Waals surface area (Å²) in [7, 11) is -3.48. The minimum Gasteiger partial charge on any atom is -0.369 e. The number of aryl methyl sites for hydroxylation is 1. The molecule has 0 saturated carbocycles. The van der Waals surface area contributed by atoms with Crippen LogP contribution in [0.25, 0.3) is 11.0 Å². The van der Waals surface area contributed by atoms with E-state index in [9.17, 15) is 8.42 Å². The van der Waals surface area contributed by atoms with Crippen LogP contribution in [-0.4, -0.2) is 48.9 Å². The average Bonchev–Trinajstić information content (AvgIpc) is 3.01. The van der Waals surface area contributed by atoms with Gasteiger partial charge in [0.1, 0.15) is 5.82 Å². The third kappa shape index (κ3) is 3.18. The number of anilines is 1. The Kier molecular flexibility index (Phi) is 4.38. The Morgan fingerprint density at radius 1 is 1.04 bits per heavy atom. The Balaban J connectivity index is 1.50. The van der Waals surface area contributed by atoms with E-state index in [4.69, 9.17) is 11.6 Å². The molecule has 1 aliphatic rings. The largest absolute Gasteiger partial charge is 0.369 e. The second kappa shape index (κ2) is 6.57. The second-order valence-electron chi connectivity index (χ2n) is 6.37. The number of imidazole rings is 1. The second-order valence-corrected chi connectivity index (χ2v) is 8.74. The average molecular weight is 391 g/mol. The predicted octanol–water partition coefficient (Wildman–Crippen LogP) is 3.04. The van der Waals surface area contributed by atoms with Crippen LogP contribution < -0.4 is 4.90 Å². The van der Waals surface area contributed by atoms with E-state index >= 15 is 0 Å². The fourth-order valence-corrected chi connectivity index (χ4v) is 4.81. The quantitative estimate of drug-likeness (QED) is 0.746. The Labute approximate surface area is 157 Å². The minimum atomic E-state index is -3.48. The molecule has 3 aromatic rings. The van der Waals surface area contributed by atoms with Crippen molar-refractivity contribution in [2.45, 2.75) is 11.8 Å². The number of nitrogens with one attached hydrogen (secondary N) is 1. The van der Waals surface area contributed by atoms with Gasteiger partial charge in [-0.05, 0) is 49.4 Å². The van der Waals surface area contributed by atoms with Crippen LogP contribution >= 0.6 is 11.6 Å². The third-order valence-electron chi connectivity index (χ3n) is 4.64. The predicted molar refractivity (Wildman–Crippen MR) is 103 cm³/mol. The maximum Gasteiger partial charge on any atom is 0.243 e. The maximum absolute atomic E-state index is 12.8. The van der Waals surface area contributed by atoms with Crippen molar-refractivity contribution < 1.29 is 8.42 Å². The lowest BCUT2D eigenvalue weighted by molar-refractivity contribution is 0.385. The highest BCUT2D eigenvalue weighted by molar-refractivity contribution is 7.89. The standard InChI is InChI=1S/C18H19ClN4O2S/c1-13-20-17-7-4-15(12-18(17)21-13)22-8-10-23(11-9-22)26(24,25)16-5-2-14(19)3-6-16/h2-7,12H,8-11H2,1H3,(H,20,21). The molecule has 0 bridgehead atoms. The molecule has 136 valence electrons. The van der Waals surface area contributed by atoms with Crippen molar-refractivity contribution in [2.75, 3.05) is 31.1 Å². The van der Waals surface area contributed by atoms with Crippen LogP contribution in [0.1, 0.15) is 5.82 Å². The minimum absolute atomic E-state index is 0.282. The zero-order chi connectivity index (χ0) is 18.3. The summed E-state index contributed by atoms with van der Waals surface area (Å²) in [6.45, 7) is 4.12. The zero-order valence-electron chi connectivity index (χ0n) is 14.3. The highest BCUT2D eigenvalue weighted by atomic mass is 35.5. The van der Waals surface area contributed by atoms with E-state index in [-0.39, 0.29) is 4.90 Å². The highest BCUT2D eigenvalue weighted by Gasteiger charge is 2.28. The van der Waals surface area contributed by atoms with Gasteiger partial charge in [0, 0.05) is 36.9 Å². The van der Waals surface area contributed by atoms with E-state index in [2.05, 4.69) is 20.9 Å². The van der Waals surface area contributed by atoms with Crippen LogP contribution in [0, 0.1) is 6.92 Å². The number of piperazine rings is 1. The number of benzene rings is 2. The number of sulfonamides is 1. The van der Waals surface area contributed by atoms with Gasteiger partial charge < -0.3 is 9.88 Å². The van der Waals surface area contributed by atoms with E-state index in [1.807, 2.05) is 19.1 Å². The van der Waals surface area contributed by atoms with Gasteiger partial charge in [0.15, 0.2) is 0 Å². The lowest BCUT2D eigenvalue weighted by Crippen LogP contribution is -2.48. The van der Waals surface area contributed by atoms with Gasteiger partial charge in [-0.2, -0.15) is 4.31 Å². The van der Waals surface area contributed by atoms with Crippen LogP contribution in [0.15, 0.2) is 47.4 Å². The molecule has 0 spiro atoms. The monoisotopic (exact) mass is 390 g/mol. The van der Waals surface area contributed by atoms with Crippen LogP contribution in [0.5, 0.6) is 0 Å². The van der Waals surface area contributed by atoms with Crippen LogP contribution in [-0.2, 0) is 10.0 Å². The molecule has 4 rings (SSSR count). The molecule has 2 aromatic carbocycles. The van der Waals surface area contributed by atoms with Crippen LogP contribution in [0.4, 0.5) is 5.69 Å². The summed E-state index contributed by atoms with van der Waals surface area (Å²) in [6, 6.07) is 12.4. The van der Waals surface area contributed by atoms with Gasteiger partial charge in [-0.1, -0.05) is 11.6 Å². The molecule has 2 heterocycles. The van der Waals surface area contributed by atoms with Gasteiger partial charge in [-0.25, -0.2) is 13.4 Å². The van der Waals surface area contributed by atoms with Crippen molar-refractivity contribution >= 4 is 38.3 Å². The third-order valence-corrected chi connectivity index (χ3v) is 6.80. The fourth-order valence-electron chi connectivity index (χ4n) is 3.26. The van der Waals surface area contributed by atoms with E-state index in [0.29, 0.717) is 31.2 Å². The van der Waals surface area contributed by atoms with E-state index in [1.165, 1.54) is 4.31 Å². The number of fused-ring (bicyclic) bond motifs is 1. The lowest BCUT2D eigenvalue weighted by atomic mass is 10.2. The number of nitrogens with zero attached hydrogens (tertiary/aromatic N) is 3. The molecule has 1 fully saturated rings. The molecule has 0 atom stereocenters. The number of H-pyrrole nitrogens is 1. The smallest absolute Gasteiger partial charge is 0.243 e. The summed E-state index contributed by atoms with van der Waals surface area (Å²) >= 11 is 5.86. The first-order chi connectivity index (χ1) is 12.4. The van der Waals surface area contributed by atoms with Crippen molar-refractivity contribution in [2.24, 2.45) is 0 Å². The molecule has 0 unspecified atom stereocenters. The van der Waals surface area contributed by atoms with Crippen molar-refractivity contribution in [3.63, 3.8) is 0 Å². The number of hydrogen-bond donors (Lipinski definition) is 1. The fraction of sp³-hybridized carbons (Fsp3) is 0.278. The molecular weight excluding hydrogens is 372 g/mol. The first-order valence-corrected chi connectivity index (χ1v) is 10.2. The van der Waals surface area contributed by atoms with E-state index < -0.39 is 10.0 Å². The summed E-state index contributed by atoms with van der Waals surface area (Å²) in [5.74, 6) is 0.885. The first kappa shape index (κ1) is 17.3. The number of hydrogen-bond acceptors (Lipinski definition) is 4. The number of rotatable bonds is 3. The molecule has 0 amide bonds. The van der Waals surface area contributed by atoms with E-state index in [1.54, 1.807) is 24.3 Å². The van der Waals surface area contributed by atoms with Gasteiger partial charge in [0.2, 0.25) is 10.0 Å². The summed E-state index contributed by atoms with van der Waals surface area (Å²) in [6.07, 6.45) is 0. The Morgan fingerprint density at radius 3 is 2.42 bits per heavy atom. The van der Waals surface area contributed by atoms with Crippen molar-refractivity contribution in [3.8, 4) is 0 Å². The Hall–Kier alpha value is -2.09. The van der Waals surface area contributed by atoms with Gasteiger partial charge in [0.25, 0.3) is 0 Å². The lowest BCUT2D eigenvalue weighted by Gasteiger charge is -2.35. The highest BCUT2D eigenvalue weighted by Crippen LogP contribution is 2.24. The normalized spacial score (nSPS) is 16.3. The molecule has 6 nitrogen and oxygen atoms in total. The maximum atomic E-state index is 12.8. The Morgan fingerprint density at radius 2 is 1.73 bits per heavy atom. The van der Waals surface area contributed by atoms with Crippen molar-refractivity contribution in [3.05, 3.63) is 53.3 Å². The van der Waals surface area contributed by atoms with Gasteiger partial charge in [-0.15, -0.1) is 0 Å². The molecule has 0 radical (unpaired) electrons. The SMILES string of the molecule is Cc1nc2ccc(N3CCN(S(=O)(=O)c4ccc(Cl)cc4)CC3)cc2[nH]1. The van der Waals surface area contributed by atoms with Crippen molar-refractivity contribution in [1.82, 2.24) is 14.3 Å². The summed E-state index contributed by atoms with van der Waals surface area (Å²) in [5.41, 5.74) is 3.01. The molecule has 8 heteroatoms. The summed E-state index contributed by atoms with van der Waals surface area (Å²) in [4.78, 5) is 10.1. The van der Waals surface area contributed by atoms with Gasteiger partial charge in [-0.3, -0.25) is 0 Å². The number of aromatic amines is 1. The molecule has 1 aliphatic heterocycles. The molecule has 1 N–H and O–H groups in total. The molecule has 0 aliphatic carbocycles.